The summed E-state index contributed by atoms with van der Waals surface area (Å²) in [4.78, 5) is 63.4. The second-order valence-electron chi connectivity index (χ2n) is 15.6. The molecule has 55 heavy (non-hydrogen) atoms. The summed E-state index contributed by atoms with van der Waals surface area (Å²) in [6.45, 7) is 3.33. The van der Waals surface area contributed by atoms with Crippen molar-refractivity contribution in [3.63, 3.8) is 0 Å². The number of nitrogens with one attached hydrogen (secondary N) is 2. The van der Waals surface area contributed by atoms with Crippen LogP contribution in [-0.4, -0.2) is 93.0 Å². The molecule has 15 heteroatoms. The Hall–Kier alpha value is -4.99. The van der Waals surface area contributed by atoms with Crippen LogP contribution in [0.25, 0.3) is 11.0 Å². The molecule has 9 rings (SSSR count). The molecule has 2 aromatic carbocycles. The predicted octanol–water partition coefficient (Wildman–Crippen LogP) is 3.53. The highest BCUT2D eigenvalue weighted by molar-refractivity contribution is 7.89. The van der Waals surface area contributed by atoms with Crippen molar-refractivity contribution >= 4 is 44.7 Å². The molecular weight excluding hydrogens is 721 g/mol. The molecule has 0 radical (unpaired) electrons. The fraction of sp³-hybridized carbons (Fsp3) is 0.450. The summed E-state index contributed by atoms with van der Waals surface area (Å²) in [6, 6.07) is 16.0. The number of benzene rings is 2. The minimum absolute atomic E-state index is 0.000367. The lowest BCUT2D eigenvalue weighted by molar-refractivity contribution is -0.136. The van der Waals surface area contributed by atoms with E-state index < -0.39 is 22.0 Å². The van der Waals surface area contributed by atoms with Gasteiger partial charge >= 0.3 is 0 Å². The molecule has 4 fully saturated rings. The third kappa shape index (κ3) is 6.82. The van der Waals surface area contributed by atoms with Gasteiger partial charge in [0.2, 0.25) is 27.8 Å². The number of sulfonamides is 1. The molecule has 2 aromatic heterocycles. The number of carbonyl (C=O) groups is 3. The van der Waals surface area contributed by atoms with Gasteiger partial charge in [0.05, 0.1) is 4.90 Å². The Balaban J connectivity index is 0.792. The van der Waals surface area contributed by atoms with Crippen LogP contribution >= 0.6 is 0 Å². The zero-order chi connectivity index (χ0) is 37.8. The number of rotatable bonds is 9. The Morgan fingerprint density at radius 2 is 1.69 bits per heavy atom. The second kappa shape index (κ2) is 14.3. The minimum atomic E-state index is -3.69. The van der Waals surface area contributed by atoms with Crippen molar-refractivity contribution in [1.82, 2.24) is 34.0 Å². The van der Waals surface area contributed by atoms with Gasteiger partial charge in [0.15, 0.2) is 0 Å². The van der Waals surface area contributed by atoms with Gasteiger partial charge in [-0.1, -0.05) is 37.1 Å². The average molecular weight is 765 g/mol. The molecule has 4 aromatic rings. The molecule has 1 saturated carbocycles. The Labute approximate surface area is 319 Å². The molecule has 2 N–H and O–H groups in total. The standard InChI is InChI=1S/C40H44N8O6S/c49-35-12-11-34(38(51)43-35)47-24-28-19-26(8-10-33(28)39(47)52)29-22-45(23-29)21-25-4-3-7-32(18-25)55(53,54)46-16-14-30(15-17-46)42-40-41-20-27-9-13-36(50)48(37(27)44-40)31-5-1-2-6-31/h3-4,7-10,13,18-20,29-31,34H,1-2,5-6,11-12,14-17,21-24H2,(H,41,42,44)(H,43,49,51). The molecular formula is C40H44N8O6S. The smallest absolute Gasteiger partial charge is 0.255 e. The number of hydrogen-bond donors (Lipinski definition) is 2. The summed E-state index contributed by atoms with van der Waals surface area (Å²) in [7, 11) is -3.69. The van der Waals surface area contributed by atoms with Gasteiger partial charge in [-0.15, -0.1) is 0 Å². The number of carbonyl (C=O) groups excluding carboxylic acids is 3. The molecule has 4 aliphatic heterocycles. The zero-order valence-electron chi connectivity index (χ0n) is 30.5. The first-order valence-corrected chi connectivity index (χ1v) is 20.8. The van der Waals surface area contributed by atoms with E-state index in [9.17, 15) is 27.6 Å². The molecule has 286 valence electrons. The molecule has 1 unspecified atom stereocenters. The summed E-state index contributed by atoms with van der Waals surface area (Å²) in [5.41, 5.74) is 4.17. The first-order valence-electron chi connectivity index (χ1n) is 19.3. The maximum atomic E-state index is 13.8. The van der Waals surface area contributed by atoms with Crippen LogP contribution in [0.5, 0.6) is 0 Å². The van der Waals surface area contributed by atoms with Crippen molar-refractivity contribution in [2.75, 3.05) is 31.5 Å². The molecule has 1 atom stereocenters. The van der Waals surface area contributed by atoms with Crippen LogP contribution < -0.4 is 16.2 Å². The second-order valence-corrected chi connectivity index (χ2v) is 17.6. The van der Waals surface area contributed by atoms with E-state index in [0.717, 1.165) is 60.8 Å². The van der Waals surface area contributed by atoms with Crippen molar-refractivity contribution in [2.24, 2.45) is 0 Å². The van der Waals surface area contributed by atoms with Gasteiger partial charge in [0, 0.05) is 86.9 Å². The number of anilines is 1. The number of hydrogen-bond acceptors (Lipinski definition) is 10. The summed E-state index contributed by atoms with van der Waals surface area (Å²) in [6.07, 6.45) is 7.67. The van der Waals surface area contributed by atoms with Gasteiger partial charge in [-0.3, -0.25) is 34.0 Å². The Bertz CT molecular complexity index is 2360. The Kier molecular flexibility index (Phi) is 9.25. The van der Waals surface area contributed by atoms with E-state index in [1.807, 2.05) is 28.8 Å². The summed E-state index contributed by atoms with van der Waals surface area (Å²) in [5.74, 6) is -0.157. The summed E-state index contributed by atoms with van der Waals surface area (Å²) in [5, 5.41) is 6.58. The quantitative estimate of drug-likeness (QED) is 0.241. The van der Waals surface area contributed by atoms with Crippen molar-refractivity contribution < 1.29 is 22.8 Å². The molecule has 6 heterocycles. The van der Waals surface area contributed by atoms with E-state index >= 15 is 0 Å². The third-order valence-corrected chi connectivity index (χ3v) is 14.0. The van der Waals surface area contributed by atoms with Crippen LogP contribution in [0.4, 0.5) is 5.95 Å². The number of amides is 3. The van der Waals surface area contributed by atoms with E-state index in [0.29, 0.717) is 67.5 Å². The lowest BCUT2D eigenvalue weighted by Crippen LogP contribution is -2.52. The molecule has 3 amide bonds. The maximum Gasteiger partial charge on any atom is 0.255 e. The third-order valence-electron chi connectivity index (χ3n) is 12.1. The van der Waals surface area contributed by atoms with E-state index in [4.69, 9.17) is 4.98 Å². The van der Waals surface area contributed by atoms with Crippen LogP contribution in [0.3, 0.4) is 0 Å². The Morgan fingerprint density at radius 3 is 2.47 bits per heavy atom. The molecule has 0 bridgehead atoms. The molecule has 0 spiro atoms. The number of aromatic nitrogens is 3. The van der Waals surface area contributed by atoms with Crippen LogP contribution in [0, 0.1) is 0 Å². The highest BCUT2D eigenvalue weighted by atomic mass is 32.2. The molecule has 5 aliphatic rings. The predicted molar refractivity (Wildman–Crippen MR) is 204 cm³/mol. The lowest BCUT2D eigenvalue weighted by atomic mass is 9.89. The van der Waals surface area contributed by atoms with E-state index in [2.05, 4.69) is 26.6 Å². The monoisotopic (exact) mass is 764 g/mol. The van der Waals surface area contributed by atoms with Gasteiger partial charge in [0.25, 0.3) is 11.5 Å². The largest absolute Gasteiger partial charge is 0.351 e. The number of imide groups is 1. The van der Waals surface area contributed by atoms with Crippen LogP contribution in [0.1, 0.15) is 90.4 Å². The van der Waals surface area contributed by atoms with Crippen LogP contribution in [0.15, 0.2) is 70.5 Å². The summed E-state index contributed by atoms with van der Waals surface area (Å²) >= 11 is 0. The van der Waals surface area contributed by atoms with E-state index in [1.165, 1.54) is 0 Å². The van der Waals surface area contributed by atoms with Crippen molar-refractivity contribution in [3.8, 4) is 0 Å². The molecule has 3 saturated heterocycles. The Morgan fingerprint density at radius 1 is 0.891 bits per heavy atom. The number of fused-ring (bicyclic) bond motifs is 2. The van der Waals surface area contributed by atoms with E-state index in [-0.39, 0.29) is 41.8 Å². The fourth-order valence-corrected chi connectivity index (χ4v) is 10.6. The highest BCUT2D eigenvalue weighted by Crippen LogP contribution is 2.35. The number of piperidine rings is 2. The molecule has 14 nitrogen and oxygen atoms in total. The normalized spacial score (nSPS) is 21.9. The number of likely N-dealkylation sites (tertiary alicyclic amines) is 1. The SMILES string of the molecule is O=C1CCC(N2Cc3cc(C4CN(Cc5cccc(S(=O)(=O)N6CCC(Nc7ncc8ccc(=O)n(C9CCCC9)c8n7)CC6)c5)C4)ccc3C2=O)C(=O)N1. The number of nitrogens with zero attached hydrogens (tertiary/aromatic N) is 6. The fourth-order valence-electron chi connectivity index (χ4n) is 9.02. The first-order chi connectivity index (χ1) is 26.6. The van der Waals surface area contributed by atoms with E-state index in [1.54, 1.807) is 39.7 Å². The van der Waals surface area contributed by atoms with Crippen LogP contribution in [0.2, 0.25) is 0 Å². The van der Waals surface area contributed by atoms with Gasteiger partial charge in [-0.25, -0.2) is 13.4 Å². The number of pyridine rings is 1. The maximum absolute atomic E-state index is 13.8. The first kappa shape index (κ1) is 35.7. The van der Waals surface area contributed by atoms with Gasteiger partial charge in [-0.05, 0) is 73.1 Å². The van der Waals surface area contributed by atoms with Crippen molar-refractivity contribution in [3.05, 3.63) is 93.4 Å². The van der Waals surface area contributed by atoms with Gasteiger partial charge in [-0.2, -0.15) is 9.29 Å². The lowest BCUT2D eigenvalue weighted by Gasteiger charge is -2.40. The zero-order valence-corrected chi connectivity index (χ0v) is 31.3. The van der Waals surface area contributed by atoms with Crippen LogP contribution in [-0.2, 0) is 32.7 Å². The van der Waals surface area contributed by atoms with Crippen molar-refractivity contribution in [2.45, 2.75) is 93.4 Å². The van der Waals surface area contributed by atoms with Gasteiger partial charge in [0.1, 0.15) is 11.7 Å². The summed E-state index contributed by atoms with van der Waals surface area (Å²) < 4.78 is 31.0. The topological polar surface area (TPSA) is 167 Å². The van der Waals surface area contributed by atoms with Gasteiger partial charge < -0.3 is 10.2 Å². The van der Waals surface area contributed by atoms with Crippen molar-refractivity contribution in [1.29, 1.82) is 0 Å². The molecule has 1 aliphatic carbocycles. The highest BCUT2D eigenvalue weighted by Gasteiger charge is 2.40. The average Bonchev–Trinajstić information content (AvgIpc) is 3.81. The minimum Gasteiger partial charge on any atom is -0.351 e.